The summed E-state index contributed by atoms with van der Waals surface area (Å²) in [6, 6.07) is 0. The van der Waals surface area contributed by atoms with Crippen molar-refractivity contribution >= 4 is 43.1 Å². The van der Waals surface area contributed by atoms with Crippen LogP contribution in [0.1, 0.15) is 60.8 Å². The first-order valence-electron chi connectivity index (χ1n) is 12.6. The second-order valence-electron chi connectivity index (χ2n) is 10.8. The summed E-state index contributed by atoms with van der Waals surface area (Å²) in [6.45, 7) is 13.5. The smallest absolute Gasteiger partial charge is 0.135 e. The maximum absolute atomic E-state index is 8.55. The molecule has 0 N–H and O–H groups in total. The van der Waals surface area contributed by atoms with E-state index < -0.39 is 7.82 Å². The van der Waals surface area contributed by atoms with Crippen molar-refractivity contribution in [2.45, 2.75) is 76.9 Å². The summed E-state index contributed by atoms with van der Waals surface area (Å²) in [5.74, 6) is 3.69. The van der Waals surface area contributed by atoms with E-state index in [1.165, 1.54) is 36.5 Å². The van der Waals surface area contributed by atoms with Crippen LogP contribution in [0.4, 0.5) is 0 Å². The van der Waals surface area contributed by atoms with E-state index in [4.69, 9.17) is 19.2 Å². The summed E-state index contributed by atoms with van der Waals surface area (Å²) in [5, 5.41) is 2.31. The average Bonchev–Trinajstić information content (AvgIpc) is 2.65. The molecule has 0 aromatic rings. The van der Waals surface area contributed by atoms with Gasteiger partial charge in [0.25, 0.3) is 0 Å². The number of nitrogens with zero attached hydrogens (tertiary/aromatic N) is 3. The molecule has 0 spiro atoms. The van der Waals surface area contributed by atoms with E-state index in [-0.39, 0.29) is 0 Å². The maximum atomic E-state index is 8.55. The Morgan fingerprint density at radius 1 is 0.514 bits per heavy atom. The van der Waals surface area contributed by atoms with E-state index >= 15 is 0 Å². The lowest BCUT2D eigenvalue weighted by Crippen LogP contribution is -2.42. The van der Waals surface area contributed by atoms with Crippen LogP contribution in [0.2, 0.25) is 0 Å². The van der Waals surface area contributed by atoms with Crippen molar-refractivity contribution < 1.29 is 32.7 Å². The predicted octanol–water partition coefficient (Wildman–Crippen LogP) is 3.72. The molecule has 0 heterocycles. The molecule has 0 amide bonds. The zero-order chi connectivity index (χ0) is 29.1. The number of quaternary nitrogens is 3. The van der Waals surface area contributed by atoms with Gasteiger partial charge in [-0.1, -0.05) is 76.8 Å². The SMILES string of the molecule is CCSC(CC)[N+](C)(C)C.CCSC(CC)[N+](C)(C)C.CCSC(CC)[N+](C)(C)C.O=P([O-])([O-])[O-]. The second kappa shape index (κ2) is 21.9. The minimum atomic E-state index is -5.39. The monoisotopic (exact) mass is 581 g/mol. The van der Waals surface area contributed by atoms with E-state index in [2.05, 4.69) is 140 Å². The Kier molecular flexibility index (Phi) is 27.0. The molecule has 7 nitrogen and oxygen atoms in total. The van der Waals surface area contributed by atoms with Crippen molar-refractivity contribution in [3.05, 3.63) is 0 Å². The molecule has 3 atom stereocenters. The zero-order valence-corrected chi connectivity index (χ0v) is 29.0. The van der Waals surface area contributed by atoms with Gasteiger partial charge in [0.05, 0.1) is 63.4 Å². The Labute approximate surface area is 232 Å². The van der Waals surface area contributed by atoms with Crippen molar-refractivity contribution in [3.63, 3.8) is 0 Å². The molecule has 0 rings (SSSR count). The minimum absolute atomic E-state index is 0.769. The van der Waals surface area contributed by atoms with Gasteiger partial charge in [0.2, 0.25) is 0 Å². The quantitative estimate of drug-likeness (QED) is 0.197. The molecule has 0 fully saturated rings. The number of hydrogen-bond donors (Lipinski definition) is 0. The Bertz CT molecular complexity index is 454. The maximum Gasteiger partial charge on any atom is 0.135 e. The zero-order valence-electron chi connectivity index (χ0n) is 25.6. The molecule has 0 saturated carbocycles. The van der Waals surface area contributed by atoms with E-state index in [0.717, 1.165) is 29.6 Å². The summed E-state index contributed by atoms with van der Waals surface area (Å²) in [5.41, 5.74) is 0. The van der Waals surface area contributed by atoms with Crippen LogP contribution in [0.15, 0.2) is 0 Å². The molecule has 218 valence electrons. The first kappa shape index (κ1) is 43.1. The first-order chi connectivity index (χ1) is 15.6. The molecule has 11 heteroatoms. The summed E-state index contributed by atoms with van der Waals surface area (Å²) in [6.07, 6.45) is 3.80. The van der Waals surface area contributed by atoms with Gasteiger partial charge in [-0.2, -0.15) is 7.82 Å². The lowest BCUT2D eigenvalue weighted by Gasteiger charge is -2.36. The van der Waals surface area contributed by atoms with Gasteiger partial charge >= 0.3 is 0 Å². The molecule has 0 radical (unpaired) electrons. The van der Waals surface area contributed by atoms with E-state index in [9.17, 15) is 0 Å². The summed E-state index contributed by atoms with van der Waals surface area (Å²) >= 11 is 6.17. The van der Waals surface area contributed by atoms with Crippen LogP contribution < -0.4 is 14.7 Å². The van der Waals surface area contributed by atoms with Gasteiger partial charge < -0.3 is 32.7 Å². The Balaban J connectivity index is -0.000000188. The molecular weight excluding hydrogens is 521 g/mol. The van der Waals surface area contributed by atoms with Gasteiger partial charge in [0.15, 0.2) is 0 Å². The third kappa shape index (κ3) is 33.0. The van der Waals surface area contributed by atoms with Crippen LogP contribution in [-0.4, -0.2) is 110 Å². The van der Waals surface area contributed by atoms with Crippen LogP contribution in [0.5, 0.6) is 0 Å². The van der Waals surface area contributed by atoms with Crippen molar-refractivity contribution in [3.8, 4) is 0 Å². The second-order valence-corrected chi connectivity index (χ2v) is 16.0. The molecule has 0 aromatic heterocycles. The van der Waals surface area contributed by atoms with Crippen molar-refractivity contribution in [1.82, 2.24) is 0 Å². The lowest BCUT2D eigenvalue weighted by atomic mass is 10.4. The van der Waals surface area contributed by atoms with Crippen molar-refractivity contribution in [2.24, 2.45) is 0 Å². The Morgan fingerprint density at radius 3 is 0.686 bits per heavy atom. The third-order valence-electron chi connectivity index (χ3n) is 4.72. The summed E-state index contributed by atoms with van der Waals surface area (Å²) in [4.78, 5) is 25.6. The highest BCUT2D eigenvalue weighted by molar-refractivity contribution is 8.00. The molecule has 3 unspecified atom stereocenters. The first-order valence-corrected chi connectivity index (χ1v) is 17.2. The van der Waals surface area contributed by atoms with Gasteiger partial charge in [0, 0.05) is 19.3 Å². The Morgan fingerprint density at radius 2 is 0.657 bits per heavy atom. The average molecular weight is 582 g/mol. The number of hydrogen-bond acceptors (Lipinski definition) is 7. The van der Waals surface area contributed by atoms with Gasteiger partial charge in [-0.05, 0) is 17.3 Å². The lowest BCUT2D eigenvalue weighted by molar-refractivity contribution is -0.880. The number of phosphoric acid groups is 1. The van der Waals surface area contributed by atoms with Gasteiger partial charge in [-0.15, -0.1) is 0 Å². The standard InChI is InChI=1S/3C8H20NS.H3O4P/c3*1-6-8(10-7-2)9(3,4)5;1-5(2,3)4/h3*8H,6-7H2,1-5H3;(H3,1,2,3,4)/q3*+1;/p-3. The van der Waals surface area contributed by atoms with Crippen LogP contribution >= 0.6 is 43.1 Å². The summed E-state index contributed by atoms with van der Waals surface area (Å²) in [7, 11) is 15.0. The topological polar surface area (TPSA) is 86.2 Å². The Hall–Kier alpha value is 1.04. The normalized spacial score (nSPS) is 14.8. The molecule has 0 aliphatic heterocycles. The van der Waals surface area contributed by atoms with Crippen LogP contribution in [0.25, 0.3) is 0 Å². The van der Waals surface area contributed by atoms with Gasteiger partial charge in [-0.25, -0.2) is 0 Å². The fraction of sp³-hybridized carbons (Fsp3) is 1.00. The predicted molar refractivity (Wildman–Crippen MR) is 158 cm³/mol. The van der Waals surface area contributed by atoms with Crippen molar-refractivity contribution in [1.29, 1.82) is 0 Å². The fourth-order valence-electron chi connectivity index (χ4n) is 3.24. The highest BCUT2D eigenvalue weighted by atomic mass is 32.2. The van der Waals surface area contributed by atoms with E-state index in [1.807, 2.05) is 0 Å². The molecule has 0 aliphatic carbocycles. The van der Waals surface area contributed by atoms with Crippen LogP contribution in [0, 0.1) is 0 Å². The molecule has 0 bridgehead atoms. The summed E-state index contributed by atoms with van der Waals surface area (Å²) < 4.78 is 11.8. The van der Waals surface area contributed by atoms with E-state index in [1.54, 1.807) is 0 Å². The molecule has 0 aliphatic rings. The third-order valence-corrected chi connectivity index (χ3v) is 9.77. The molecule has 0 aromatic carbocycles. The fourth-order valence-corrected chi connectivity index (χ4v) is 6.45. The highest BCUT2D eigenvalue weighted by Gasteiger charge is 2.22. The van der Waals surface area contributed by atoms with E-state index in [0.29, 0.717) is 0 Å². The van der Waals surface area contributed by atoms with Gasteiger partial charge in [0.1, 0.15) is 16.1 Å². The largest absolute Gasteiger partial charge is 0.822 e. The number of rotatable bonds is 12. The van der Waals surface area contributed by atoms with Crippen LogP contribution in [-0.2, 0) is 4.57 Å². The molecule has 35 heavy (non-hydrogen) atoms. The van der Waals surface area contributed by atoms with Crippen LogP contribution in [0.3, 0.4) is 0 Å². The molecule has 0 saturated heterocycles. The minimum Gasteiger partial charge on any atom is -0.822 e. The van der Waals surface area contributed by atoms with Gasteiger partial charge in [-0.3, -0.25) is 0 Å². The highest BCUT2D eigenvalue weighted by Crippen LogP contribution is 2.22. The van der Waals surface area contributed by atoms with Crippen molar-refractivity contribution in [2.75, 3.05) is 80.7 Å². The molecular formula is C24H60N3O4PS3. The number of thioether (sulfide) groups is 3.